The maximum absolute atomic E-state index is 13.6. The second kappa shape index (κ2) is 5.94. The van der Waals surface area contributed by atoms with Gasteiger partial charge in [-0.1, -0.05) is 23.2 Å². The summed E-state index contributed by atoms with van der Waals surface area (Å²) < 4.78 is 63.8. The van der Waals surface area contributed by atoms with E-state index in [1.807, 2.05) is 0 Å². The van der Waals surface area contributed by atoms with Gasteiger partial charge in [0.25, 0.3) is 0 Å². The summed E-state index contributed by atoms with van der Waals surface area (Å²) in [4.78, 5) is 0. The summed E-state index contributed by atoms with van der Waals surface area (Å²) >= 11 is 11.6. The third-order valence-corrected chi connectivity index (χ3v) is 3.59. The normalized spacial score (nSPS) is 11.2. The van der Waals surface area contributed by atoms with Crippen LogP contribution in [0.1, 0.15) is 5.76 Å². The summed E-state index contributed by atoms with van der Waals surface area (Å²) in [6.07, 6.45) is 0. The predicted molar refractivity (Wildman–Crippen MR) is 76.8 cm³/mol. The molecule has 120 valence electrons. The molecule has 0 N–H and O–H groups in total. The Morgan fingerprint density at radius 1 is 0.913 bits per heavy atom. The Labute approximate surface area is 137 Å². The van der Waals surface area contributed by atoms with Crippen molar-refractivity contribution in [3.05, 3.63) is 63.3 Å². The number of hydrogen-bond donors (Lipinski definition) is 0. The molecule has 0 spiro atoms. The van der Waals surface area contributed by atoms with E-state index in [0.717, 1.165) is 6.07 Å². The van der Waals surface area contributed by atoms with Crippen LogP contribution in [0, 0.1) is 23.3 Å². The lowest BCUT2D eigenvalue weighted by atomic mass is 10.2. The largest absolute Gasteiger partial charge is 0.484 e. The predicted octanol–water partition coefficient (Wildman–Crippen LogP) is 5.88. The van der Waals surface area contributed by atoms with E-state index in [1.165, 1.54) is 18.2 Å². The zero-order valence-electron chi connectivity index (χ0n) is 11.1. The first-order valence-electron chi connectivity index (χ1n) is 6.20. The highest BCUT2D eigenvalue weighted by atomic mass is 35.5. The van der Waals surface area contributed by atoms with Crippen LogP contribution in [0.4, 0.5) is 17.6 Å². The van der Waals surface area contributed by atoms with Gasteiger partial charge in [-0.15, -0.1) is 0 Å². The van der Waals surface area contributed by atoms with E-state index >= 15 is 0 Å². The van der Waals surface area contributed by atoms with E-state index < -0.39 is 34.2 Å². The first-order valence-corrected chi connectivity index (χ1v) is 6.96. The van der Waals surface area contributed by atoms with Crippen molar-refractivity contribution in [1.29, 1.82) is 0 Å². The van der Waals surface area contributed by atoms with Crippen molar-refractivity contribution in [2.45, 2.75) is 6.61 Å². The third kappa shape index (κ3) is 2.84. The fraction of sp³-hybridized carbons (Fsp3) is 0.0667. The number of furan rings is 1. The molecule has 23 heavy (non-hydrogen) atoms. The van der Waals surface area contributed by atoms with Gasteiger partial charge in [0.1, 0.15) is 18.1 Å². The number of hydrogen-bond acceptors (Lipinski definition) is 2. The summed E-state index contributed by atoms with van der Waals surface area (Å²) in [5.74, 6) is -6.74. The lowest BCUT2D eigenvalue weighted by molar-refractivity contribution is 0.273. The first-order chi connectivity index (χ1) is 10.9. The molecule has 0 saturated heterocycles. The van der Waals surface area contributed by atoms with Crippen molar-refractivity contribution >= 4 is 34.2 Å². The average Bonchev–Trinajstić information content (AvgIpc) is 2.94. The minimum atomic E-state index is -1.93. The molecule has 0 radical (unpaired) electrons. The summed E-state index contributed by atoms with van der Waals surface area (Å²) in [7, 11) is 0. The molecule has 0 amide bonds. The van der Waals surface area contributed by atoms with E-state index in [1.54, 1.807) is 0 Å². The molecule has 8 heteroatoms. The zero-order chi connectivity index (χ0) is 16.7. The van der Waals surface area contributed by atoms with Crippen molar-refractivity contribution in [3.8, 4) is 5.75 Å². The van der Waals surface area contributed by atoms with Crippen LogP contribution < -0.4 is 4.74 Å². The fourth-order valence-corrected chi connectivity index (χ4v) is 2.45. The van der Waals surface area contributed by atoms with Gasteiger partial charge in [0.2, 0.25) is 11.6 Å². The fourth-order valence-electron chi connectivity index (χ4n) is 1.99. The highest BCUT2D eigenvalue weighted by molar-refractivity contribution is 6.35. The van der Waals surface area contributed by atoms with Crippen LogP contribution in [0.15, 0.2) is 28.7 Å². The van der Waals surface area contributed by atoms with Crippen LogP contribution in [-0.2, 0) is 6.61 Å². The SMILES string of the molecule is Fc1c(F)c(F)c2oc(COc3ccc(Cl)cc3Cl)cc2c1F. The number of fused-ring (bicyclic) bond motifs is 1. The minimum absolute atomic E-state index is 0.0335. The molecular formula is C15H6Cl2F4O2. The molecule has 1 heterocycles. The van der Waals surface area contributed by atoms with Gasteiger partial charge >= 0.3 is 0 Å². The van der Waals surface area contributed by atoms with E-state index in [0.29, 0.717) is 5.02 Å². The molecule has 0 bridgehead atoms. The second-order valence-corrected chi connectivity index (χ2v) is 5.42. The van der Waals surface area contributed by atoms with Crippen molar-refractivity contribution in [2.75, 3.05) is 0 Å². The van der Waals surface area contributed by atoms with Crippen molar-refractivity contribution in [3.63, 3.8) is 0 Å². The number of benzene rings is 2. The molecule has 0 aliphatic carbocycles. The standard InChI is InChI=1S/C15H6Cl2F4O2/c16-6-1-2-10(9(17)3-6)22-5-7-4-8-11(18)12(19)13(20)14(21)15(8)23-7/h1-4H,5H2. The second-order valence-electron chi connectivity index (χ2n) is 4.57. The van der Waals surface area contributed by atoms with Crippen LogP contribution in [0.2, 0.25) is 10.0 Å². The van der Waals surface area contributed by atoms with E-state index in [9.17, 15) is 17.6 Å². The van der Waals surface area contributed by atoms with Crippen LogP contribution in [0.25, 0.3) is 11.0 Å². The van der Waals surface area contributed by atoms with Crippen molar-refractivity contribution in [2.24, 2.45) is 0 Å². The van der Waals surface area contributed by atoms with Gasteiger partial charge in [-0.25, -0.2) is 13.2 Å². The lowest BCUT2D eigenvalue weighted by Gasteiger charge is -2.06. The molecule has 0 aliphatic heterocycles. The van der Waals surface area contributed by atoms with Crippen molar-refractivity contribution < 1.29 is 26.7 Å². The number of ether oxygens (including phenoxy) is 1. The lowest BCUT2D eigenvalue weighted by Crippen LogP contribution is -1.95. The summed E-state index contributed by atoms with van der Waals surface area (Å²) in [6.45, 7) is -0.252. The Bertz CT molecular complexity index is 863. The molecule has 0 atom stereocenters. The van der Waals surface area contributed by atoms with Gasteiger partial charge in [0, 0.05) is 5.02 Å². The van der Waals surface area contributed by atoms with Crippen LogP contribution in [0.5, 0.6) is 5.75 Å². The molecule has 0 fully saturated rings. The molecule has 2 aromatic carbocycles. The summed E-state index contributed by atoms with van der Waals surface area (Å²) in [5, 5.41) is 0.117. The molecule has 0 saturated carbocycles. The van der Waals surface area contributed by atoms with Gasteiger partial charge in [-0.3, -0.25) is 0 Å². The smallest absolute Gasteiger partial charge is 0.205 e. The Hall–Kier alpha value is -1.92. The topological polar surface area (TPSA) is 22.4 Å². The molecular weight excluding hydrogens is 359 g/mol. The van der Waals surface area contributed by atoms with Crippen LogP contribution >= 0.6 is 23.2 Å². The Balaban J connectivity index is 1.92. The minimum Gasteiger partial charge on any atom is -0.484 e. The van der Waals surface area contributed by atoms with Crippen LogP contribution in [-0.4, -0.2) is 0 Å². The Morgan fingerprint density at radius 2 is 1.61 bits per heavy atom. The third-order valence-electron chi connectivity index (χ3n) is 3.06. The molecule has 3 aromatic rings. The maximum atomic E-state index is 13.6. The van der Waals surface area contributed by atoms with Crippen LogP contribution in [0.3, 0.4) is 0 Å². The Kier molecular flexibility index (Phi) is 4.12. The number of rotatable bonds is 3. The summed E-state index contributed by atoms with van der Waals surface area (Å²) in [5.41, 5.74) is -0.720. The highest BCUT2D eigenvalue weighted by Crippen LogP contribution is 2.31. The quantitative estimate of drug-likeness (QED) is 0.329. The molecule has 0 unspecified atom stereocenters. The van der Waals surface area contributed by atoms with Gasteiger partial charge in [0.05, 0.1) is 10.4 Å². The maximum Gasteiger partial charge on any atom is 0.205 e. The van der Waals surface area contributed by atoms with Crippen molar-refractivity contribution in [1.82, 2.24) is 0 Å². The molecule has 2 nitrogen and oxygen atoms in total. The molecule has 3 rings (SSSR count). The van der Waals surface area contributed by atoms with Gasteiger partial charge in [-0.2, -0.15) is 4.39 Å². The molecule has 0 aliphatic rings. The monoisotopic (exact) mass is 364 g/mol. The zero-order valence-corrected chi connectivity index (χ0v) is 12.6. The number of halogens is 6. The van der Waals surface area contributed by atoms with Gasteiger partial charge in [-0.05, 0) is 24.3 Å². The Morgan fingerprint density at radius 3 is 2.30 bits per heavy atom. The van der Waals surface area contributed by atoms with E-state index in [4.69, 9.17) is 32.4 Å². The first kappa shape index (κ1) is 16.0. The van der Waals surface area contributed by atoms with E-state index in [-0.39, 0.29) is 23.1 Å². The van der Waals surface area contributed by atoms with Gasteiger partial charge in [0.15, 0.2) is 17.2 Å². The average molecular weight is 365 g/mol. The summed E-state index contributed by atoms with van der Waals surface area (Å²) in [6, 6.07) is 5.50. The van der Waals surface area contributed by atoms with E-state index in [2.05, 4.69) is 0 Å². The highest BCUT2D eigenvalue weighted by Gasteiger charge is 2.24. The van der Waals surface area contributed by atoms with Gasteiger partial charge < -0.3 is 9.15 Å². The molecule has 1 aromatic heterocycles.